The van der Waals surface area contributed by atoms with E-state index in [-0.39, 0.29) is 17.5 Å². The van der Waals surface area contributed by atoms with Crippen molar-refractivity contribution in [1.29, 1.82) is 0 Å². The summed E-state index contributed by atoms with van der Waals surface area (Å²) < 4.78 is 0. The highest BCUT2D eigenvalue weighted by atomic mass is 16.2. The molecule has 0 spiro atoms. The lowest BCUT2D eigenvalue weighted by molar-refractivity contribution is -0.127. The van der Waals surface area contributed by atoms with Crippen molar-refractivity contribution in [3.8, 4) is 0 Å². The smallest absolute Gasteiger partial charge is 0.274 e. The molecule has 1 fully saturated rings. The summed E-state index contributed by atoms with van der Waals surface area (Å²) in [5, 5.41) is 2.63. The molecule has 1 aliphatic heterocycles. The minimum Gasteiger partial charge on any atom is -0.357 e. The number of carbonyl (C=O) groups is 2. The van der Waals surface area contributed by atoms with E-state index in [0.29, 0.717) is 19.1 Å². The van der Waals surface area contributed by atoms with Gasteiger partial charge in [-0.3, -0.25) is 19.5 Å². The van der Waals surface area contributed by atoms with Gasteiger partial charge in [0.25, 0.3) is 5.91 Å². The molecule has 114 valence electrons. The van der Waals surface area contributed by atoms with Gasteiger partial charge >= 0.3 is 0 Å². The van der Waals surface area contributed by atoms with Crippen LogP contribution >= 0.6 is 0 Å². The highest BCUT2D eigenvalue weighted by Gasteiger charge is 2.36. The van der Waals surface area contributed by atoms with Crippen LogP contribution in [0.5, 0.6) is 0 Å². The molecular formula is C14H21N5O2. The lowest BCUT2D eigenvalue weighted by Gasteiger charge is -2.41. The summed E-state index contributed by atoms with van der Waals surface area (Å²) in [6.45, 7) is 5.95. The Morgan fingerprint density at radius 2 is 2.10 bits per heavy atom. The zero-order valence-electron chi connectivity index (χ0n) is 12.6. The van der Waals surface area contributed by atoms with Crippen LogP contribution in [-0.2, 0) is 4.79 Å². The third-order valence-electron chi connectivity index (χ3n) is 3.73. The predicted octanol–water partition coefficient (Wildman–Crippen LogP) is -0.243. The number of rotatable bonds is 3. The SMILES string of the molecule is CNC(=O)C1CN(C(C)C)CCN1C(=O)c1cnccn1. The average Bonchev–Trinajstić information content (AvgIpc) is 2.53. The van der Waals surface area contributed by atoms with Crippen molar-refractivity contribution < 1.29 is 9.59 Å². The van der Waals surface area contributed by atoms with Gasteiger partial charge in [-0.05, 0) is 13.8 Å². The van der Waals surface area contributed by atoms with Crippen LogP contribution in [0.25, 0.3) is 0 Å². The van der Waals surface area contributed by atoms with Crippen LogP contribution in [0.1, 0.15) is 24.3 Å². The Morgan fingerprint density at radius 1 is 1.33 bits per heavy atom. The Labute approximate surface area is 124 Å². The molecule has 1 aromatic heterocycles. The number of amides is 2. The lowest BCUT2D eigenvalue weighted by atomic mass is 10.1. The highest BCUT2D eigenvalue weighted by Crippen LogP contribution is 2.15. The molecule has 1 unspecified atom stereocenters. The minimum absolute atomic E-state index is 0.155. The summed E-state index contributed by atoms with van der Waals surface area (Å²) in [4.78, 5) is 36.4. The zero-order valence-corrected chi connectivity index (χ0v) is 12.6. The molecule has 1 N–H and O–H groups in total. The number of carbonyl (C=O) groups excluding carboxylic acids is 2. The number of hydrogen-bond donors (Lipinski definition) is 1. The van der Waals surface area contributed by atoms with Crippen LogP contribution in [0.15, 0.2) is 18.6 Å². The molecule has 1 aliphatic rings. The van der Waals surface area contributed by atoms with E-state index in [1.54, 1.807) is 11.9 Å². The Hall–Kier alpha value is -2.02. The van der Waals surface area contributed by atoms with E-state index >= 15 is 0 Å². The summed E-state index contributed by atoms with van der Waals surface area (Å²) in [5.74, 6) is -0.405. The first-order valence-electron chi connectivity index (χ1n) is 7.07. The molecular weight excluding hydrogens is 270 g/mol. The normalized spacial score (nSPS) is 19.6. The van der Waals surface area contributed by atoms with Crippen LogP contribution in [-0.4, -0.2) is 70.3 Å². The number of piperazine rings is 1. The van der Waals surface area contributed by atoms with E-state index in [1.165, 1.54) is 18.6 Å². The molecule has 21 heavy (non-hydrogen) atoms. The summed E-state index contributed by atoms with van der Waals surface area (Å²) >= 11 is 0. The van der Waals surface area contributed by atoms with E-state index in [1.807, 2.05) is 0 Å². The number of nitrogens with zero attached hydrogens (tertiary/aromatic N) is 4. The number of likely N-dealkylation sites (N-methyl/N-ethyl adjacent to an activating group) is 1. The summed E-state index contributed by atoms with van der Waals surface area (Å²) in [7, 11) is 1.58. The topological polar surface area (TPSA) is 78.4 Å². The van der Waals surface area contributed by atoms with Crippen LogP contribution in [0.4, 0.5) is 0 Å². The van der Waals surface area contributed by atoms with Crippen LogP contribution in [0, 0.1) is 0 Å². The minimum atomic E-state index is -0.499. The molecule has 7 heteroatoms. The predicted molar refractivity (Wildman–Crippen MR) is 77.6 cm³/mol. The van der Waals surface area contributed by atoms with Gasteiger partial charge in [0.15, 0.2) is 0 Å². The molecule has 0 aliphatic carbocycles. The van der Waals surface area contributed by atoms with E-state index in [0.717, 1.165) is 6.54 Å². The van der Waals surface area contributed by atoms with Gasteiger partial charge in [0.05, 0.1) is 6.20 Å². The fourth-order valence-corrected chi connectivity index (χ4v) is 2.46. The van der Waals surface area contributed by atoms with E-state index < -0.39 is 6.04 Å². The first-order valence-corrected chi connectivity index (χ1v) is 7.07. The average molecular weight is 291 g/mol. The number of hydrogen-bond acceptors (Lipinski definition) is 5. The van der Waals surface area contributed by atoms with Crippen molar-refractivity contribution in [3.63, 3.8) is 0 Å². The Kier molecular flexibility index (Phi) is 4.85. The Morgan fingerprint density at radius 3 is 2.67 bits per heavy atom. The summed E-state index contributed by atoms with van der Waals surface area (Å²) in [5.41, 5.74) is 0.268. The Balaban J connectivity index is 2.21. The van der Waals surface area contributed by atoms with Crippen molar-refractivity contribution >= 4 is 11.8 Å². The maximum atomic E-state index is 12.5. The van der Waals surface area contributed by atoms with Crippen molar-refractivity contribution in [2.45, 2.75) is 25.9 Å². The molecule has 0 saturated carbocycles. The number of nitrogens with one attached hydrogen (secondary N) is 1. The molecule has 0 aromatic carbocycles. The highest BCUT2D eigenvalue weighted by molar-refractivity contribution is 5.96. The maximum absolute atomic E-state index is 12.5. The third kappa shape index (κ3) is 3.36. The van der Waals surface area contributed by atoms with Crippen molar-refractivity contribution in [1.82, 2.24) is 25.1 Å². The summed E-state index contributed by atoms with van der Waals surface area (Å²) in [6.07, 6.45) is 4.42. The van der Waals surface area contributed by atoms with Gasteiger partial charge in [-0.2, -0.15) is 0 Å². The molecule has 1 aromatic rings. The fourth-order valence-electron chi connectivity index (χ4n) is 2.46. The summed E-state index contributed by atoms with van der Waals surface area (Å²) in [6, 6.07) is -0.161. The quantitative estimate of drug-likeness (QED) is 0.831. The van der Waals surface area contributed by atoms with Crippen molar-refractivity contribution in [2.24, 2.45) is 0 Å². The first-order chi connectivity index (χ1) is 10.0. The van der Waals surface area contributed by atoms with E-state index in [2.05, 4.69) is 34.0 Å². The van der Waals surface area contributed by atoms with Gasteiger partial charge in [-0.15, -0.1) is 0 Å². The zero-order chi connectivity index (χ0) is 15.4. The van der Waals surface area contributed by atoms with Crippen LogP contribution in [0.3, 0.4) is 0 Å². The second kappa shape index (κ2) is 6.62. The molecule has 2 rings (SSSR count). The van der Waals surface area contributed by atoms with Gasteiger partial charge in [0.1, 0.15) is 11.7 Å². The van der Waals surface area contributed by atoms with E-state index in [4.69, 9.17) is 0 Å². The molecule has 0 radical (unpaired) electrons. The molecule has 1 saturated heterocycles. The third-order valence-corrected chi connectivity index (χ3v) is 3.73. The second-order valence-electron chi connectivity index (χ2n) is 5.31. The largest absolute Gasteiger partial charge is 0.357 e. The Bertz CT molecular complexity index is 505. The van der Waals surface area contributed by atoms with Gasteiger partial charge in [-0.1, -0.05) is 0 Å². The van der Waals surface area contributed by atoms with Gasteiger partial charge in [0.2, 0.25) is 5.91 Å². The second-order valence-corrected chi connectivity index (χ2v) is 5.31. The van der Waals surface area contributed by atoms with Gasteiger partial charge in [0, 0.05) is 45.1 Å². The van der Waals surface area contributed by atoms with Crippen LogP contribution in [0.2, 0.25) is 0 Å². The lowest BCUT2D eigenvalue weighted by Crippen LogP contribution is -2.61. The molecule has 1 atom stereocenters. The molecule has 2 amide bonds. The monoisotopic (exact) mass is 291 g/mol. The first kappa shape index (κ1) is 15.4. The molecule has 0 bridgehead atoms. The van der Waals surface area contributed by atoms with Crippen LogP contribution < -0.4 is 5.32 Å². The van der Waals surface area contributed by atoms with Crippen molar-refractivity contribution in [2.75, 3.05) is 26.7 Å². The standard InChI is InChI=1S/C14H21N5O2/c1-10(2)18-6-7-19(12(9-18)13(20)15-3)14(21)11-8-16-4-5-17-11/h4-5,8,10,12H,6-7,9H2,1-3H3,(H,15,20). The molecule has 7 nitrogen and oxygen atoms in total. The molecule has 2 heterocycles. The van der Waals surface area contributed by atoms with E-state index in [9.17, 15) is 9.59 Å². The number of aromatic nitrogens is 2. The fraction of sp³-hybridized carbons (Fsp3) is 0.571. The van der Waals surface area contributed by atoms with Crippen molar-refractivity contribution in [3.05, 3.63) is 24.3 Å². The van der Waals surface area contributed by atoms with Gasteiger partial charge < -0.3 is 10.2 Å². The van der Waals surface area contributed by atoms with Gasteiger partial charge in [-0.25, -0.2) is 4.98 Å². The maximum Gasteiger partial charge on any atom is 0.274 e.